The third-order valence-corrected chi connectivity index (χ3v) is 3.11. The zero-order valence-electron chi connectivity index (χ0n) is 11.0. The molecule has 19 heavy (non-hydrogen) atoms. The molecule has 0 saturated heterocycles. The van der Waals surface area contributed by atoms with Gasteiger partial charge in [-0.2, -0.15) is 0 Å². The monoisotopic (exact) mass is 262 g/mol. The molecule has 0 bridgehead atoms. The van der Waals surface area contributed by atoms with E-state index in [2.05, 4.69) is 6.92 Å². The molecule has 0 aliphatic heterocycles. The summed E-state index contributed by atoms with van der Waals surface area (Å²) in [5.41, 5.74) is 7.28. The van der Waals surface area contributed by atoms with Gasteiger partial charge in [-0.3, -0.25) is 0 Å². The van der Waals surface area contributed by atoms with Gasteiger partial charge in [-0.1, -0.05) is 19.1 Å². The van der Waals surface area contributed by atoms with Crippen LogP contribution in [0.5, 0.6) is 0 Å². The lowest BCUT2D eigenvalue weighted by atomic mass is 10.1. The predicted molar refractivity (Wildman–Crippen MR) is 74.7 cm³/mol. The number of benzene rings is 2. The molecule has 0 spiro atoms. The van der Waals surface area contributed by atoms with Crippen molar-refractivity contribution in [3.63, 3.8) is 0 Å². The summed E-state index contributed by atoms with van der Waals surface area (Å²) in [6.07, 6.45) is 0.925. The number of hydrogen-bond donors (Lipinski definition) is 1. The Morgan fingerprint density at radius 2 is 1.58 bits per heavy atom. The van der Waals surface area contributed by atoms with E-state index in [9.17, 15) is 8.78 Å². The molecule has 2 aromatic rings. The first-order chi connectivity index (χ1) is 9.02. The number of aryl methyl sites for hydroxylation is 1. The summed E-state index contributed by atoms with van der Waals surface area (Å²) >= 11 is 0. The number of nitrogens with two attached hydrogens (primary N) is 1. The van der Waals surface area contributed by atoms with E-state index in [1.165, 1.54) is 10.5 Å². The second-order valence-electron chi connectivity index (χ2n) is 4.41. The molecule has 0 aliphatic carbocycles. The van der Waals surface area contributed by atoms with Gasteiger partial charge >= 0.3 is 0 Å². The van der Waals surface area contributed by atoms with E-state index in [-0.39, 0.29) is 11.4 Å². The summed E-state index contributed by atoms with van der Waals surface area (Å²) in [4.78, 5) is 1.48. The van der Waals surface area contributed by atoms with Crippen LogP contribution in [0.1, 0.15) is 12.5 Å². The van der Waals surface area contributed by atoms with E-state index in [1.807, 2.05) is 24.3 Å². The summed E-state index contributed by atoms with van der Waals surface area (Å²) < 4.78 is 27.7. The maximum Gasteiger partial charge on any atom is 0.151 e. The molecule has 100 valence electrons. The molecular weight excluding hydrogens is 246 g/mol. The van der Waals surface area contributed by atoms with Gasteiger partial charge in [-0.05, 0) is 36.2 Å². The second-order valence-corrected chi connectivity index (χ2v) is 4.41. The van der Waals surface area contributed by atoms with E-state index in [1.54, 1.807) is 7.05 Å². The third kappa shape index (κ3) is 2.67. The Hall–Kier alpha value is -2.10. The maximum absolute atomic E-state index is 13.8. The number of rotatable bonds is 3. The maximum atomic E-state index is 13.8. The van der Waals surface area contributed by atoms with Gasteiger partial charge in [-0.15, -0.1) is 0 Å². The highest BCUT2D eigenvalue weighted by Crippen LogP contribution is 2.30. The Bertz CT molecular complexity index is 556. The van der Waals surface area contributed by atoms with Crippen LogP contribution < -0.4 is 10.6 Å². The highest BCUT2D eigenvalue weighted by Gasteiger charge is 2.15. The first-order valence-electron chi connectivity index (χ1n) is 6.10. The fourth-order valence-electron chi connectivity index (χ4n) is 1.99. The Balaban J connectivity index is 2.40. The molecule has 0 fully saturated rings. The van der Waals surface area contributed by atoms with Crippen molar-refractivity contribution in [1.29, 1.82) is 0 Å². The molecule has 4 heteroatoms. The van der Waals surface area contributed by atoms with Crippen molar-refractivity contribution in [3.05, 3.63) is 53.6 Å². The molecule has 0 unspecified atom stereocenters. The van der Waals surface area contributed by atoms with Crippen molar-refractivity contribution in [1.82, 2.24) is 0 Å². The zero-order chi connectivity index (χ0) is 14.0. The number of nitrogen functional groups attached to an aromatic ring is 1. The Kier molecular flexibility index (Phi) is 3.69. The van der Waals surface area contributed by atoms with Crippen LogP contribution in [-0.2, 0) is 6.42 Å². The van der Waals surface area contributed by atoms with Gasteiger partial charge in [0.15, 0.2) is 11.6 Å². The first-order valence-corrected chi connectivity index (χ1v) is 6.10. The van der Waals surface area contributed by atoms with Gasteiger partial charge < -0.3 is 10.6 Å². The SMILES string of the molecule is CCc1ccc(N(C)c2c(F)cc(N)cc2F)cc1. The highest BCUT2D eigenvalue weighted by molar-refractivity contribution is 5.66. The lowest BCUT2D eigenvalue weighted by molar-refractivity contribution is 0.585. The molecule has 0 amide bonds. The smallest absolute Gasteiger partial charge is 0.151 e. The van der Waals surface area contributed by atoms with Crippen LogP contribution in [0.3, 0.4) is 0 Å². The van der Waals surface area contributed by atoms with Crippen LogP contribution in [-0.4, -0.2) is 7.05 Å². The lowest BCUT2D eigenvalue weighted by Crippen LogP contribution is -2.13. The van der Waals surface area contributed by atoms with Gasteiger partial charge in [0.2, 0.25) is 0 Å². The van der Waals surface area contributed by atoms with Crippen molar-refractivity contribution in [2.45, 2.75) is 13.3 Å². The summed E-state index contributed by atoms with van der Waals surface area (Å²) in [5, 5.41) is 0. The van der Waals surface area contributed by atoms with Gasteiger partial charge in [0.05, 0.1) is 0 Å². The summed E-state index contributed by atoms with van der Waals surface area (Å²) in [7, 11) is 1.62. The molecule has 0 aromatic heterocycles. The fourth-order valence-corrected chi connectivity index (χ4v) is 1.99. The molecule has 0 saturated carbocycles. The van der Waals surface area contributed by atoms with E-state index < -0.39 is 11.6 Å². The molecule has 0 heterocycles. The van der Waals surface area contributed by atoms with Crippen LogP contribution in [0.4, 0.5) is 25.8 Å². The van der Waals surface area contributed by atoms with Gasteiger partial charge in [0.1, 0.15) is 5.69 Å². The van der Waals surface area contributed by atoms with E-state index >= 15 is 0 Å². The van der Waals surface area contributed by atoms with E-state index in [0.717, 1.165) is 24.2 Å². The number of nitrogens with zero attached hydrogens (tertiary/aromatic N) is 1. The minimum Gasteiger partial charge on any atom is -0.399 e. The van der Waals surface area contributed by atoms with Crippen molar-refractivity contribution >= 4 is 17.1 Å². The molecule has 0 aliphatic rings. The van der Waals surface area contributed by atoms with E-state index in [4.69, 9.17) is 5.73 Å². The van der Waals surface area contributed by atoms with Crippen molar-refractivity contribution < 1.29 is 8.78 Å². The quantitative estimate of drug-likeness (QED) is 0.851. The summed E-state index contributed by atoms with van der Waals surface area (Å²) in [5.74, 6) is -1.33. The minimum atomic E-state index is -0.667. The van der Waals surface area contributed by atoms with Crippen LogP contribution in [0, 0.1) is 11.6 Å². The van der Waals surface area contributed by atoms with Crippen LogP contribution >= 0.6 is 0 Å². The first kappa shape index (κ1) is 13.3. The molecule has 2 N–H and O–H groups in total. The molecule has 2 rings (SSSR count). The van der Waals surface area contributed by atoms with Crippen molar-refractivity contribution in [3.8, 4) is 0 Å². The Labute approximate surface area is 111 Å². The largest absolute Gasteiger partial charge is 0.399 e. The normalized spacial score (nSPS) is 10.5. The minimum absolute atomic E-state index is 0.0773. The zero-order valence-corrected chi connectivity index (χ0v) is 11.0. The van der Waals surface area contributed by atoms with Crippen LogP contribution in [0.25, 0.3) is 0 Å². The molecular formula is C15H16F2N2. The van der Waals surface area contributed by atoms with Crippen LogP contribution in [0.15, 0.2) is 36.4 Å². The highest BCUT2D eigenvalue weighted by atomic mass is 19.1. The second kappa shape index (κ2) is 5.26. The van der Waals surface area contributed by atoms with Crippen molar-refractivity contribution in [2.24, 2.45) is 0 Å². The molecule has 0 radical (unpaired) electrons. The lowest BCUT2D eigenvalue weighted by Gasteiger charge is -2.21. The van der Waals surface area contributed by atoms with E-state index in [0.29, 0.717) is 0 Å². The Morgan fingerprint density at radius 3 is 2.05 bits per heavy atom. The van der Waals surface area contributed by atoms with Gasteiger partial charge in [0.25, 0.3) is 0 Å². The van der Waals surface area contributed by atoms with Gasteiger partial charge in [0, 0.05) is 18.4 Å². The topological polar surface area (TPSA) is 29.3 Å². The van der Waals surface area contributed by atoms with Crippen molar-refractivity contribution in [2.75, 3.05) is 17.7 Å². The van der Waals surface area contributed by atoms with Gasteiger partial charge in [-0.25, -0.2) is 8.78 Å². The average molecular weight is 262 g/mol. The predicted octanol–water partition coefficient (Wildman–Crippen LogP) is 3.88. The molecule has 0 atom stereocenters. The summed E-state index contributed by atoms with van der Waals surface area (Å²) in [6.45, 7) is 2.05. The summed E-state index contributed by atoms with van der Waals surface area (Å²) in [6, 6.07) is 9.81. The third-order valence-electron chi connectivity index (χ3n) is 3.11. The molecule has 2 nitrogen and oxygen atoms in total. The molecule has 2 aromatic carbocycles. The number of hydrogen-bond acceptors (Lipinski definition) is 2. The number of anilines is 3. The fraction of sp³-hybridized carbons (Fsp3) is 0.200. The average Bonchev–Trinajstić information content (AvgIpc) is 2.37. The Morgan fingerprint density at radius 1 is 1.05 bits per heavy atom. The standard InChI is InChI=1S/C15H16F2N2/c1-3-10-4-6-12(7-5-10)19(2)15-13(16)8-11(18)9-14(15)17/h4-9H,3,18H2,1-2H3. The van der Waals surface area contributed by atoms with Crippen LogP contribution in [0.2, 0.25) is 0 Å². The number of halogens is 2.